The molecule has 2 aliphatic rings. The molecule has 262 valence electrons. The van der Waals surface area contributed by atoms with Crippen molar-refractivity contribution >= 4 is 44.7 Å². The van der Waals surface area contributed by atoms with Crippen LogP contribution in [0.3, 0.4) is 0 Å². The summed E-state index contributed by atoms with van der Waals surface area (Å²) in [4.78, 5) is 4.47. The van der Waals surface area contributed by atoms with Crippen LogP contribution in [0.1, 0.15) is 48.6 Å². The maximum atomic E-state index is 4.96. The molecular formula is C48H40N4Pt. The summed E-state index contributed by atoms with van der Waals surface area (Å²) in [6, 6.07) is 56.4. The second-order valence-electron chi connectivity index (χ2n) is 14.8. The molecule has 9 rings (SSSR count). The van der Waals surface area contributed by atoms with Gasteiger partial charge in [0.2, 0.25) is 0 Å². The Kier molecular flexibility index (Phi) is 8.91. The minimum Gasteiger partial charge on any atom is -0.504 e. The van der Waals surface area contributed by atoms with Crippen molar-refractivity contribution in [3.05, 3.63) is 204 Å². The van der Waals surface area contributed by atoms with Crippen LogP contribution in [0.15, 0.2) is 152 Å². The van der Waals surface area contributed by atoms with Gasteiger partial charge in [0.1, 0.15) is 0 Å². The minimum atomic E-state index is -0.767. The molecule has 0 amide bonds. The quantitative estimate of drug-likeness (QED) is 0.123. The first-order chi connectivity index (χ1) is 25.3. The first kappa shape index (κ1) is 34.8. The Hall–Kier alpha value is -5.31. The van der Waals surface area contributed by atoms with E-state index < -0.39 is 5.41 Å². The molecule has 0 bridgehead atoms. The van der Waals surface area contributed by atoms with E-state index in [1.165, 1.54) is 16.6 Å². The first-order valence-electron chi connectivity index (χ1n) is 18.0. The average Bonchev–Trinajstić information content (AvgIpc) is 3.70. The van der Waals surface area contributed by atoms with Crippen LogP contribution in [-0.2, 0) is 31.9 Å². The van der Waals surface area contributed by atoms with Gasteiger partial charge in [-0.1, -0.05) is 147 Å². The molecule has 0 unspecified atom stereocenters. The van der Waals surface area contributed by atoms with Gasteiger partial charge in [-0.2, -0.15) is 42.6 Å². The van der Waals surface area contributed by atoms with Gasteiger partial charge >= 0.3 is 21.1 Å². The summed E-state index contributed by atoms with van der Waals surface area (Å²) in [5, 5.41) is 7.29. The van der Waals surface area contributed by atoms with Crippen molar-refractivity contribution in [2.75, 3.05) is 23.4 Å². The van der Waals surface area contributed by atoms with Gasteiger partial charge < -0.3 is 19.7 Å². The van der Waals surface area contributed by atoms with E-state index in [0.29, 0.717) is 6.54 Å². The molecule has 3 heterocycles. The zero-order valence-corrected chi connectivity index (χ0v) is 32.6. The zero-order chi connectivity index (χ0) is 35.5. The Bertz CT molecular complexity index is 2470. The molecule has 2 aliphatic heterocycles. The number of para-hydroxylation sites is 3. The summed E-state index contributed by atoms with van der Waals surface area (Å²) in [7, 11) is 2.11. The maximum absolute atomic E-state index is 4.96. The smallest absolute Gasteiger partial charge is 0.504 e. The van der Waals surface area contributed by atoms with Gasteiger partial charge in [-0.3, -0.25) is 0 Å². The summed E-state index contributed by atoms with van der Waals surface area (Å²) in [6.45, 7) is 9.71. The van der Waals surface area contributed by atoms with Gasteiger partial charge in [0.25, 0.3) is 0 Å². The molecule has 0 N–H and O–H groups in total. The van der Waals surface area contributed by atoms with Gasteiger partial charge in [-0.15, -0.1) is 33.8 Å². The first-order valence-corrected chi connectivity index (χ1v) is 18.0. The van der Waals surface area contributed by atoms with E-state index in [2.05, 4.69) is 213 Å². The predicted octanol–water partition coefficient (Wildman–Crippen LogP) is 11.5. The molecule has 5 heteroatoms. The monoisotopic (exact) mass is 867 g/mol. The number of fused-ring (bicyclic) bond motifs is 4. The normalized spacial score (nSPS) is 14.2. The second kappa shape index (κ2) is 13.6. The van der Waals surface area contributed by atoms with Crippen LogP contribution < -0.4 is 9.80 Å². The van der Waals surface area contributed by atoms with E-state index in [4.69, 9.17) is 5.32 Å². The molecule has 0 atom stereocenters. The van der Waals surface area contributed by atoms with Crippen LogP contribution in [-0.4, -0.2) is 18.2 Å². The van der Waals surface area contributed by atoms with E-state index in [9.17, 15) is 0 Å². The molecule has 0 fully saturated rings. The van der Waals surface area contributed by atoms with E-state index >= 15 is 0 Å². The Balaban J connectivity index is 0.00000400. The summed E-state index contributed by atoms with van der Waals surface area (Å²) in [6.07, 6.45) is 6.29. The molecule has 53 heavy (non-hydrogen) atoms. The fourth-order valence-corrected chi connectivity index (χ4v) is 7.99. The number of hydrogen-bond donors (Lipinski definition) is 0. The number of hydrogen-bond acceptors (Lipinski definition) is 2. The fourth-order valence-electron chi connectivity index (χ4n) is 7.99. The van der Waals surface area contributed by atoms with Gasteiger partial charge in [-0.25, -0.2) is 0 Å². The summed E-state index contributed by atoms with van der Waals surface area (Å²) in [5.74, 6) is 0.919. The summed E-state index contributed by atoms with van der Waals surface area (Å²) >= 11 is 0. The second-order valence-corrected chi connectivity index (χ2v) is 14.8. The zero-order valence-electron chi connectivity index (χ0n) is 30.3. The van der Waals surface area contributed by atoms with Crippen molar-refractivity contribution in [1.82, 2.24) is 4.57 Å². The number of aromatic nitrogens is 1. The molecule has 7 aromatic rings. The summed E-state index contributed by atoms with van der Waals surface area (Å²) in [5.41, 5.74) is 10.2. The van der Waals surface area contributed by atoms with Crippen molar-refractivity contribution in [2.45, 2.75) is 31.6 Å². The van der Waals surface area contributed by atoms with Crippen molar-refractivity contribution < 1.29 is 21.1 Å². The van der Waals surface area contributed by atoms with Crippen LogP contribution in [0, 0.1) is 18.8 Å². The maximum Gasteiger partial charge on any atom is 4.00 e. The van der Waals surface area contributed by atoms with Gasteiger partial charge in [-0.05, 0) is 47.8 Å². The topological polar surface area (TPSA) is 25.5 Å². The van der Waals surface area contributed by atoms with Crippen molar-refractivity contribution in [1.29, 1.82) is 0 Å². The van der Waals surface area contributed by atoms with Gasteiger partial charge in [0, 0.05) is 16.8 Å². The van der Waals surface area contributed by atoms with Gasteiger partial charge in [0.05, 0.1) is 0 Å². The Labute approximate surface area is 327 Å². The van der Waals surface area contributed by atoms with E-state index in [1.54, 1.807) is 0 Å². The molecule has 6 aromatic carbocycles. The molecule has 0 saturated carbocycles. The number of nitrogens with zero attached hydrogens (tertiary/aromatic N) is 4. The van der Waals surface area contributed by atoms with Crippen molar-refractivity contribution in [3.8, 4) is 0 Å². The van der Waals surface area contributed by atoms with E-state index in [-0.39, 0.29) is 26.5 Å². The molecule has 0 saturated heterocycles. The average molecular weight is 868 g/mol. The third-order valence-electron chi connectivity index (χ3n) is 10.6. The largest absolute Gasteiger partial charge is 4.00 e. The molecule has 0 spiro atoms. The van der Waals surface area contributed by atoms with Crippen LogP contribution in [0.2, 0.25) is 0 Å². The number of allylic oxidation sites excluding steroid dienone is 2. The van der Waals surface area contributed by atoms with Crippen LogP contribution in [0.25, 0.3) is 32.9 Å². The predicted molar refractivity (Wildman–Crippen MR) is 217 cm³/mol. The van der Waals surface area contributed by atoms with Crippen molar-refractivity contribution in [2.24, 2.45) is 0 Å². The third kappa shape index (κ3) is 5.72. The van der Waals surface area contributed by atoms with Crippen LogP contribution in [0.5, 0.6) is 0 Å². The number of benzene rings is 6. The standard InChI is InChI=1S/C48H40N4.Pt/c1-47(2,3)37-29-38(31-39(30-37)51-33-50(4)43-23-13-14-24-44(43)51)48(34-17-7-5-8-18-34,35-19-9-6-10-20-35)36-26-27-41-40-21-11-12-22-42(40)52(45(41)32-36)46-25-15-16-28-49-46;/h5-27,29-30,33H,28H2,1-4H3;/q-4;+4. The van der Waals surface area contributed by atoms with Crippen LogP contribution >= 0.6 is 0 Å². The van der Waals surface area contributed by atoms with Gasteiger partial charge in [0.15, 0.2) is 0 Å². The number of rotatable bonds is 6. The molecule has 0 aliphatic carbocycles. The fraction of sp³-hybridized carbons (Fsp3) is 0.146. The Morgan fingerprint density at radius 1 is 0.660 bits per heavy atom. The van der Waals surface area contributed by atoms with E-state index in [1.807, 2.05) is 0 Å². The third-order valence-corrected chi connectivity index (χ3v) is 10.6. The van der Waals surface area contributed by atoms with Crippen molar-refractivity contribution in [3.63, 3.8) is 0 Å². The molecule has 1 aromatic heterocycles. The summed E-state index contributed by atoms with van der Waals surface area (Å²) < 4.78 is 2.28. The molecular weight excluding hydrogens is 828 g/mol. The van der Waals surface area contributed by atoms with Crippen LogP contribution in [0.4, 0.5) is 17.1 Å². The van der Waals surface area contributed by atoms with E-state index in [0.717, 1.165) is 55.9 Å². The SMILES string of the molecule is CN1[CH-]N(c2[c-]c(C(c3[c-]c4c(cc3)c3ccccc3n4C3=CC=CC[N-]3)(c3ccccc3)c3ccccc3)cc(C(C)(C)C)c2)c2ccccc21.[Pt+4]. The Morgan fingerprint density at radius 2 is 1.32 bits per heavy atom. The minimum absolute atomic E-state index is 0. The molecule has 4 nitrogen and oxygen atoms in total. The Morgan fingerprint density at radius 3 is 2.00 bits per heavy atom. The molecule has 0 radical (unpaired) electrons. The number of anilines is 3.